The molecule has 1 N–H and O–H groups in total. The van der Waals surface area contributed by atoms with Crippen molar-refractivity contribution in [1.82, 2.24) is 9.97 Å². The molecule has 2 heterocycles. The number of carboxylic acids is 1. The van der Waals surface area contributed by atoms with Gasteiger partial charge in [0, 0.05) is 24.8 Å². The van der Waals surface area contributed by atoms with Gasteiger partial charge in [-0.05, 0) is 26.2 Å². The molecule has 18 heavy (non-hydrogen) atoms. The molecule has 0 aromatic carbocycles. The van der Waals surface area contributed by atoms with Crippen molar-refractivity contribution in [3.8, 4) is 0 Å². The fourth-order valence-electron chi connectivity index (χ4n) is 2.31. The van der Waals surface area contributed by atoms with Gasteiger partial charge in [-0.25, -0.2) is 9.97 Å². The van der Waals surface area contributed by atoms with E-state index in [2.05, 4.69) is 21.8 Å². The molecule has 1 aromatic rings. The molecule has 0 spiro atoms. The number of aryl methyl sites for hydroxylation is 2. The van der Waals surface area contributed by atoms with Crippen LogP contribution >= 0.6 is 0 Å². The predicted octanol–water partition coefficient (Wildman–Crippen LogP) is 1.65. The van der Waals surface area contributed by atoms with Crippen LogP contribution in [0.5, 0.6) is 0 Å². The van der Waals surface area contributed by atoms with E-state index >= 15 is 0 Å². The Balaban J connectivity index is 2.09. The van der Waals surface area contributed by atoms with Gasteiger partial charge >= 0.3 is 5.97 Å². The first-order chi connectivity index (χ1) is 8.60. The van der Waals surface area contributed by atoms with E-state index in [-0.39, 0.29) is 5.92 Å². The van der Waals surface area contributed by atoms with Gasteiger partial charge in [-0.3, -0.25) is 4.79 Å². The number of carboxylic acid groups (broad SMARTS) is 1. The highest BCUT2D eigenvalue weighted by Gasteiger charge is 2.25. The lowest BCUT2D eigenvalue weighted by molar-refractivity contribution is -0.142. The highest BCUT2D eigenvalue weighted by atomic mass is 16.4. The van der Waals surface area contributed by atoms with Gasteiger partial charge in [0.15, 0.2) is 0 Å². The average Bonchev–Trinajstić information content (AvgIpc) is 2.38. The monoisotopic (exact) mass is 249 g/mol. The van der Waals surface area contributed by atoms with Crippen LogP contribution in [0.25, 0.3) is 0 Å². The van der Waals surface area contributed by atoms with Gasteiger partial charge in [0.05, 0.1) is 5.92 Å². The lowest BCUT2D eigenvalue weighted by atomic mass is 9.97. The fraction of sp³-hybridized carbons (Fsp3) is 0.615. The molecule has 0 amide bonds. The number of hydrogen-bond acceptors (Lipinski definition) is 4. The molecule has 2 rings (SSSR count). The molecule has 0 atom stereocenters. The van der Waals surface area contributed by atoms with E-state index in [1.54, 1.807) is 0 Å². The van der Waals surface area contributed by atoms with Crippen LogP contribution < -0.4 is 4.90 Å². The smallest absolute Gasteiger partial charge is 0.306 e. The summed E-state index contributed by atoms with van der Waals surface area (Å²) in [7, 11) is 0. The second-order valence-electron chi connectivity index (χ2n) is 4.72. The van der Waals surface area contributed by atoms with Crippen molar-refractivity contribution < 1.29 is 9.90 Å². The Hall–Kier alpha value is -1.65. The standard InChI is InChI=1S/C13H19N3O2/c1-3-11-8-12(15-9(2)14-11)16-6-4-10(5-7-16)13(17)18/h8,10H,3-7H2,1-2H3,(H,17,18). The maximum Gasteiger partial charge on any atom is 0.306 e. The van der Waals surface area contributed by atoms with E-state index in [0.29, 0.717) is 12.8 Å². The van der Waals surface area contributed by atoms with Crippen LogP contribution in [0.3, 0.4) is 0 Å². The summed E-state index contributed by atoms with van der Waals surface area (Å²) in [6.07, 6.45) is 2.28. The Morgan fingerprint density at radius 3 is 2.67 bits per heavy atom. The van der Waals surface area contributed by atoms with Crippen LogP contribution in [0.2, 0.25) is 0 Å². The van der Waals surface area contributed by atoms with Gasteiger partial charge in [0.2, 0.25) is 0 Å². The van der Waals surface area contributed by atoms with Crippen molar-refractivity contribution in [2.24, 2.45) is 5.92 Å². The van der Waals surface area contributed by atoms with Crippen molar-refractivity contribution in [1.29, 1.82) is 0 Å². The molecule has 1 aromatic heterocycles. The number of carbonyl (C=O) groups is 1. The van der Waals surface area contributed by atoms with E-state index < -0.39 is 5.97 Å². The Kier molecular flexibility index (Phi) is 3.79. The molecule has 0 unspecified atom stereocenters. The molecule has 0 saturated carbocycles. The van der Waals surface area contributed by atoms with Crippen LogP contribution in [0, 0.1) is 12.8 Å². The topological polar surface area (TPSA) is 66.3 Å². The second kappa shape index (κ2) is 5.33. The summed E-state index contributed by atoms with van der Waals surface area (Å²) in [4.78, 5) is 21.9. The molecule has 0 aliphatic carbocycles. The minimum absolute atomic E-state index is 0.199. The molecular weight excluding hydrogens is 230 g/mol. The van der Waals surface area contributed by atoms with Crippen molar-refractivity contribution in [3.05, 3.63) is 17.6 Å². The normalized spacial score (nSPS) is 16.9. The quantitative estimate of drug-likeness (QED) is 0.882. The minimum atomic E-state index is -0.678. The Labute approximate surface area is 107 Å². The number of rotatable bonds is 3. The van der Waals surface area contributed by atoms with Gasteiger partial charge in [-0.2, -0.15) is 0 Å². The van der Waals surface area contributed by atoms with Crippen LogP contribution in [0.15, 0.2) is 6.07 Å². The molecule has 1 fully saturated rings. The number of aromatic nitrogens is 2. The maximum absolute atomic E-state index is 10.9. The van der Waals surface area contributed by atoms with E-state index in [1.165, 1.54) is 0 Å². The predicted molar refractivity (Wildman–Crippen MR) is 68.7 cm³/mol. The van der Waals surface area contributed by atoms with Gasteiger partial charge in [0.1, 0.15) is 11.6 Å². The zero-order valence-corrected chi connectivity index (χ0v) is 10.9. The lowest BCUT2D eigenvalue weighted by Crippen LogP contribution is -2.37. The molecule has 1 saturated heterocycles. The molecule has 0 radical (unpaired) electrons. The third-order valence-corrected chi connectivity index (χ3v) is 3.41. The summed E-state index contributed by atoms with van der Waals surface area (Å²) < 4.78 is 0. The molecule has 5 nitrogen and oxygen atoms in total. The molecule has 5 heteroatoms. The number of nitrogens with zero attached hydrogens (tertiary/aromatic N) is 3. The van der Waals surface area contributed by atoms with E-state index in [1.807, 2.05) is 13.0 Å². The molecular formula is C13H19N3O2. The van der Waals surface area contributed by atoms with Gasteiger partial charge in [-0.15, -0.1) is 0 Å². The summed E-state index contributed by atoms with van der Waals surface area (Å²) >= 11 is 0. The Morgan fingerprint density at radius 1 is 1.44 bits per heavy atom. The first kappa shape index (κ1) is 12.8. The maximum atomic E-state index is 10.9. The zero-order chi connectivity index (χ0) is 13.1. The van der Waals surface area contributed by atoms with Crippen LogP contribution in [0.1, 0.15) is 31.3 Å². The zero-order valence-electron chi connectivity index (χ0n) is 10.9. The minimum Gasteiger partial charge on any atom is -0.481 e. The van der Waals surface area contributed by atoms with Gasteiger partial charge < -0.3 is 10.0 Å². The first-order valence-corrected chi connectivity index (χ1v) is 6.42. The van der Waals surface area contributed by atoms with Crippen molar-refractivity contribution in [2.45, 2.75) is 33.1 Å². The van der Waals surface area contributed by atoms with Crippen molar-refractivity contribution in [3.63, 3.8) is 0 Å². The lowest BCUT2D eigenvalue weighted by Gasteiger charge is -2.31. The van der Waals surface area contributed by atoms with Crippen molar-refractivity contribution in [2.75, 3.05) is 18.0 Å². The molecule has 1 aliphatic heterocycles. The third-order valence-electron chi connectivity index (χ3n) is 3.41. The fourth-order valence-corrected chi connectivity index (χ4v) is 2.31. The first-order valence-electron chi connectivity index (χ1n) is 6.42. The average molecular weight is 249 g/mol. The number of piperidine rings is 1. The molecule has 0 bridgehead atoms. The summed E-state index contributed by atoms with van der Waals surface area (Å²) in [5.74, 6) is 0.838. The Morgan fingerprint density at radius 2 is 2.11 bits per heavy atom. The van der Waals surface area contributed by atoms with Crippen molar-refractivity contribution >= 4 is 11.8 Å². The molecule has 1 aliphatic rings. The third kappa shape index (κ3) is 2.78. The summed E-state index contributed by atoms with van der Waals surface area (Å²) in [6.45, 7) is 5.49. The highest BCUT2D eigenvalue weighted by molar-refractivity contribution is 5.70. The van der Waals surface area contributed by atoms with E-state index in [9.17, 15) is 4.79 Å². The Bertz CT molecular complexity index is 440. The largest absolute Gasteiger partial charge is 0.481 e. The van der Waals surface area contributed by atoms with Crippen LogP contribution in [-0.2, 0) is 11.2 Å². The second-order valence-corrected chi connectivity index (χ2v) is 4.72. The van der Waals surface area contributed by atoms with Gasteiger partial charge in [0.25, 0.3) is 0 Å². The number of anilines is 1. The SMILES string of the molecule is CCc1cc(N2CCC(C(=O)O)CC2)nc(C)n1. The summed E-state index contributed by atoms with van der Waals surface area (Å²) in [5, 5.41) is 8.98. The van der Waals surface area contributed by atoms with Crippen LogP contribution in [0.4, 0.5) is 5.82 Å². The van der Waals surface area contributed by atoms with Gasteiger partial charge in [-0.1, -0.05) is 6.92 Å². The highest BCUT2D eigenvalue weighted by Crippen LogP contribution is 2.22. The van der Waals surface area contributed by atoms with E-state index in [4.69, 9.17) is 5.11 Å². The van der Waals surface area contributed by atoms with E-state index in [0.717, 1.165) is 36.8 Å². The number of aliphatic carboxylic acids is 1. The summed E-state index contributed by atoms with van der Waals surface area (Å²) in [6, 6.07) is 2.01. The molecule has 98 valence electrons. The number of hydrogen-bond donors (Lipinski definition) is 1. The summed E-state index contributed by atoms with van der Waals surface area (Å²) in [5.41, 5.74) is 1.04. The van der Waals surface area contributed by atoms with Crippen LogP contribution in [-0.4, -0.2) is 34.1 Å².